The predicted molar refractivity (Wildman–Crippen MR) is 144 cm³/mol. The number of carbonyl (C=O) groups is 4. The molecule has 0 spiro atoms. The Kier molecular flexibility index (Phi) is 9.67. The summed E-state index contributed by atoms with van der Waals surface area (Å²) in [6.07, 6.45) is 0.317. The Morgan fingerprint density at radius 2 is 1.77 bits per heavy atom. The zero-order chi connectivity index (χ0) is 29.6. The van der Waals surface area contributed by atoms with Crippen LogP contribution >= 0.6 is 0 Å². The van der Waals surface area contributed by atoms with E-state index >= 15 is 0 Å². The number of methoxy groups -OCH3 is 1. The highest BCUT2D eigenvalue weighted by atomic mass is 19.1. The highest BCUT2D eigenvalue weighted by molar-refractivity contribution is 5.93. The van der Waals surface area contributed by atoms with Gasteiger partial charge in [0.05, 0.1) is 18.8 Å². The van der Waals surface area contributed by atoms with E-state index < -0.39 is 47.6 Å². The molecular formula is C28H35F2N5O5. The molecule has 3 rings (SSSR count). The summed E-state index contributed by atoms with van der Waals surface area (Å²) >= 11 is 0. The van der Waals surface area contributed by atoms with Crippen molar-refractivity contribution < 1.29 is 32.7 Å². The Bertz CT molecular complexity index is 1250. The van der Waals surface area contributed by atoms with Crippen molar-refractivity contribution in [2.75, 3.05) is 19.0 Å². The van der Waals surface area contributed by atoms with Crippen molar-refractivity contribution in [2.45, 2.75) is 58.2 Å². The van der Waals surface area contributed by atoms with Crippen LogP contribution in [0.3, 0.4) is 0 Å². The molecule has 1 aliphatic rings. The highest BCUT2D eigenvalue weighted by Gasteiger charge is 2.41. The number of rotatable bonds is 9. The second-order valence-corrected chi connectivity index (χ2v) is 11.0. The van der Waals surface area contributed by atoms with Crippen LogP contribution in [0.2, 0.25) is 0 Å². The van der Waals surface area contributed by atoms with Crippen LogP contribution in [0, 0.1) is 17.0 Å². The van der Waals surface area contributed by atoms with Crippen LogP contribution in [0.4, 0.5) is 19.3 Å². The number of anilines is 1. The SMILES string of the molecule is COc1ccc(C[C@H](NC(=O)[C@@H]2C[C@H](NC(=O)Nc3ccc(F)cc3F)CN2C(=O)CC(C)(C)C)C(N)=O)cc1. The highest BCUT2D eigenvalue weighted by Crippen LogP contribution is 2.26. The molecule has 2 aromatic rings. The molecule has 1 heterocycles. The Morgan fingerprint density at radius 3 is 2.35 bits per heavy atom. The lowest BCUT2D eigenvalue weighted by atomic mass is 9.91. The minimum Gasteiger partial charge on any atom is -0.497 e. The van der Waals surface area contributed by atoms with Crippen molar-refractivity contribution in [2.24, 2.45) is 11.1 Å². The number of likely N-dealkylation sites (tertiary alicyclic amines) is 1. The maximum atomic E-state index is 14.0. The fourth-order valence-electron chi connectivity index (χ4n) is 4.44. The van der Waals surface area contributed by atoms with Gasteiger partial charge in [0.15, 0.2) is 0 Å². The van der Waals surface area contributed by atoms with Gasteiger partial charge in [-0.1, -0.05) is 32.9 Å². The van der Waals surface area contributed by atoms with E-state index in [1.165, 1.54) is 12.0 Å². The molecule has 5 N–H and O–H groups in total. The normalized spacial score (nSPS) is 17.6. The van der Waals surface area contributed by atoms with E-state index in [-0.39, 0.29) is 42.8 Å². The van der Waals surface area contributed by atoms with Crippen LogP contribution in [0.15, 0.2) is 42.5 Å². The number of nitrogens with one attached hydrogen (secondary N) is 3. The Morgan fingerprint density at radius 1 is 1.10 bits per heavy atom. The van der Waals surface area contributed by atoms with Crippen LogP contribution in [0.1, 0.15) is 39.2 Å². The minimum absolute atomic E-state index is 0.0199. The summed E-state index contributed by atoms with van der Waals surface area (Å²) in [7, 11) is 1.53. The van der Waals surface area contributed by atoms with Gasteiger partial charge >= 0.3 is 6.03 Å². The van der Waals surface area contributed by atoms with Crippen molar-refractivity contribution in [3.63, 3.8) is 0 Å². The summed E-state index contributed by atoms with van der Waals surface area (Å²) in [4.78, 5) is 52.7. The molecule has 0 saturated carbocycles. The van der Waals surface area contributed by atoms with Crippen molar-refractivity contribution in [1.29, 1.82) is 0 Å². The molecule has 2 aromatic carbocycles. The molecule has 0 unspecified atom stereocenters. The smallest absolute Gasteiger partial charge is 0.319 e. The second kappa shape index (κ2) is 12.8. The number of nitrogens with two attached hydrogens (primary N) is 1. The van der Waals surface area contributed by atoms with Gasteiger partial charge in [-0.3, -0.25) is 14.4 Å². The number of hydrogen-bond acceptors (Lipinski definition) is 5. The van der Waals surface area contributed by atoms with E-state index in [4.69, 9.17) is 10.5 Å². The van der Waals surface area contributed by atoms with Crippen molar-refractivity contribution in [3.05, 3.63) is 59.7 Å². The van der Waals surface area contributed by atoms with Crippen molar-refractivity contribution in [3.8, 4) is 5.75 Å². The molecule has 10 nitrogen and oxygen atoms in total. The molecule has 216 valence electrons. The van der Waals surface area contributed by atoms with E-state index in [2.05, 4.69) is 16.0 Å². The average molecular weight is 560 g/mol. The number of urea groups is 1. The molecule has 0 radical (unpaired) electrons. The van der Waals surface area contributed by atoms with Crippen LogP contribution in [0.25, 0.3) is 0 Å². The number of amides is 5. The largest absolute Gasteiger partial charge is 0.497 e. The predicted octanol–water partition coefficient (Wildman–Crippen LogP) is 2.71. The van der Waals surface area contributed by atoms with E-state index in [0.717, 1.165) is 17.7 Å². The summed E-state index contributed by atoms with van der Waals surface area (Å²) in [5, 5.41) is 7.61. The minimum atomic E-state index is -1.04. The van der Waals surface area contributed by atoms with E-state index in [9.17, 15) is 28.0 Å². The molecule has 1 aliphatic heterocycles. The van der Waals surface area contributed by atoms with Gasteiger partial charge < -0.3 is 31.3 Å². The van der Waals surface area contributed by atoms with Crippen LogP contribution in [0.5, 0.6) is 5.75 Å². The molecule has 40 heavy (non-hydrogen) atoms. The first-order chi connectivity index (χ1) is 18.8. The van der Waals surface area contributed by atoms with Crippen molar-refractivity contribution >= 4 is 29.4 Å². The quantitative estimate of drug-likeness (QED) is 0.374. The first-order valence-electron chi connectivity index (χ1n) is 12.8. The van der Waals surface area contributed by atoms with Gasteiger partial charge in [0, 0.05) is 25.5 Å². The number of halogens is 2. The Labute approximate surface area is 231 Å². The van der Waals surface area contributed by atoms with Gasteiger partial charge in [-0.25, -0.2) is 13.6 Å². The third-order valence-electron chi connectivity index (χ3n) is 6.38. The maximum Gasteiger partial charge on any atom is 0.319 e. The number of nitrogens with zero attached hydrogens (tertiary/aromatic N) is 1. The molecular weight excluding hydrogens is 524 g/mol. The number of benzene rings is 2. The number of ether oxygens (including phenoxy) is 1. The zero-order valence-corrected chi connectivity index (χ0v) is 22.9. The standard InChI is InChI=1S/C28H35F2N5O5/c1-28(2,3)14-24(36)35-15-18(32-27(39)34-21-10-7-17(29)12-20(21)30)13-23(35)26(38)33-22(25(31)37)11-16-5-8-19(40-4)9-6-16/h5-10,12,18,22-23H,11,13-15H2,1-4H3,(H2,31,37)(H,33,38)(H2,32,34,39)/t18-,22-,23-/m0/s1. The third-order valence-corrected chi connectivity index (χ3v) is 6.38. The summed E-state index contributed by atoms with van der Waals surface area (Å²) in [5.41, 5.74) is 5.72. The topological polar surface area (TPSA) is 143 Å². The Balaban J connectivity index is 1.73. The van der Waals surface area contributed by atoms with Gasteiger partial charge in [0.25, 0.3) is 0 Å². The van der Waals surface area contributed by atoms with Gasteiger partial charge in [-0.15, -0.1) is 0 Å². The van der Waals surface area contributed by atoms with E-state index in [1.807, 2.05) is 20.8 Å². The van der Waals surface area contributed by atoms with Gasteiger partial charge in [0.1, 0.15) is 29.5 Å². The lowest BCUT2D eigenvalue weighted by Crippen LogP contribution is -2.53. The molecule has 1 fully saturated rings. The van der Waals surface area contributed by atoms with E-state index in [0.29, 0.717) is 11.8 Å². The zero-order valence-electron chi connectivity index (χ0n) is 22.9. The Hall–Kier alpha value is -4.22. The van der Waals surface area contributed by atoms with Gasteiger partial charge in [-0.05, 0) is 41.7 Å². The van der Waals surface area contributed by atoms with Crippen LogP contribution < -0.4 is 26.4 Å². The third kappa shape index (κ3) is 8.39. The fraction of sp³-hybridized carbons (Fsp3) is 0.429. The number of primary amides is 1. The molecule has 0 aliphatic carbocycles. The number of carbonyl (C=O) groups excluding carboxylic acids is 4. The molecule has 5 amide bonds. The van der Waals surface area contributed by atoms with Crippen LogP contribution in [-0.4, -0.2) is 60.4 Å². The van der Waals surface area contributed by atoms with Crippen LogP contribution in [-0.2, 0) is 20.8 Å². The second-order valence-electron chi connectivity index (χ2n) is 11.0. The molecule has 0 bridgehead atoms. The maximum absolute atomic E-state index is 14.0. The fourth-order valence-corrected chi connectivity index (χ4v) is 4.44. The molecule has 3 atom stereocenters. The first-order valence-corrected chi connectivity index (χ1v) is 12.8. The summed E-state index contributed by atoms with van der Waals surface area (Å²) in [5.74, 6) is -2.74. The van der Waals surface area contributed by atoms with Gasteiger partial charge in [-0.2, -0.15) is 0 Å². The van der Waals surface area contributed by atoms with Gasteiger partial charge in [0.2, 0.25) is 17.7 Å². The average Bonchev–Trinajstić information content (AvgIpc) is 3.28. The summed E-state index contributed by atoms with van der Waals surface area (Å²) in [6, 6.07) is 6.19. The van der Waals surface area contributed by atoms with E-state index in [1.54, 1.807) is 24.3 Å². The lowest BCUT2D eigenvalue weighted by Gasteiger charge is -2.28. The first kappa shape index (κ1) is 30.3. The molecule has 12 heteroatoms. The lowest BCUT2D eigenvalue weighted by molar-refractivity contribution is -0.140. The number of hydrogen-bond donors (Lipinski definition) is 4. The molecule has 1 saturated heterocycles. The summed E-state index contributed by atoms with van der Waals surface area (Å²) < 4.78 is 32.3. The molecule has 0 aromatic heterocycles. The van der Waals surface area contributed by atoms with Crippen molar-refractivity contribution in [1.82, 2.24) is 15.5 Å². The summed E-state index contributed by atoms with van der Waals surface area (Å²) in [6.45, 7) is 5.67. The monoisotopic (exact) mass is 559 g/mol.